The highest BCUT2D eigenvalue weighted by Gasteiger charge is 2.75. The maximum absolute atomic E-state index is 7.30. The molecule has 44 heavy (non-hydrogen) atoms. The summed E-state index contributed by atoms with van der Waals surface area (Å²) in [4.78, 5) is 2.11. The lowest BCUT2D eigenvalue weighted by Crippen LogP contribution is -2.38. The molecular formula is C39H33NO3P+. The van der Waals surface area contributed by atoms with Gasteiger partial charge in [0, 0.05) is 36.5 Å². The van der Waals surface area contributed by atoms with Crippen LogP contribution in [0.4, 0.5) is 5.69 Å². The monoisotopic (exact) mass is 594 g/mol. The van der Waals surface area contributed by atoms with E-state index in [1.165, 1.54) is 0 Å². The highest BCUT2D eigenvalue weighted by molar-refractivity contribution is 7.64. The molecule has 4 nitrogen and oxygen atoms in total. The average molecular weight is 595 g/mol. The standard InChI is InChI=1S/C39H33NO3P/c1-40(2)31-28-26-30(27-29-31)39(37-24-14-12-22-35(37)36-23-13-15-25-38(36)39)44(41-32-16-6-3-7-17-32,42-33-18-8-4-9-19-33)43-34-20-10-5-11-21-34/h3-29H,1-2H3/q+1. The van der Waals surface area contributed by atoms with Crippen molar-refractivity contribution in [3.63, 3.8) is 0 Å². The lowest BCUT2D eigenvalue weighted by molar-refractivity contribution is 0.331. The van der Waals surface area contributed by atoms with Crippen molar-refractivity contribution in [1.82, 2.24) is 0 Å². The van der Waals surface area contributed by atoms with Gasteiger partial charge in [0.1, 0.15) is 0 Å². The summed E-state index contributed by atoms with van der Waals surface area (Å²) < 4.78 is 21.9. The molecule has 0 fully saturated rings. The number of hydrogen-bond donors (Lipinski definition) is 0. The van der Waals surface area contributed by atoms with Crippen LogP contribution >= 0.6 is 7.94 Å². The van der Waals surface area contributed by atoms with Crippen LogP contribution in [0.25, 0.3) is 11.1 Å². The highest BCUT2D eigenvalue weighted by Crippen LogP contribution is 2.80. The molecule has 0 saturated heterocycles. The normalized spacial score (nSPS) is 13.0. The smallest absolute Gasteiger partial charge is 0.378 e. The van der Waals surface area contributed by atoms with Gasteiger partial charge in [-0.25, -0.2) is 0 Å². The van der Waals surface area contributed by atoms with Crippen LogP contribution in [0.5, 0.6) is 17.2 Å². The van der Waals surface area contributed by atoms with Crippen LogP contribution in [0.2, 0.25) is 0 Å². The number of anilines is 1. The van der Waals surface area contributed by atoms with Gasteiger partial charge in [-0.2, -0.15) is 0 Å². The second kappa shape index (κ2) is 11.6. The molecule has 0 saturated carbocycles. The third-order valence-electron chi connectivity index (χ3n) is 8.04. The summed E-state index contributed by atoms with van der Waals surface area (Å²) in [6.45, 7) is 0. The maximum atomic E-state index is 7.30. The topological polar surface area (TPSA) is 30.9 Å². The van der Waals surface area contributed by atoms with Crippen molar-refractivity contribution in [1.29, 1.82) is 0 Å². The van der Waals surface area contributed by atoms with Crippen molar-refractivity contribution in [2.45, 2.75) is 5.16 Å². The summed E-state index contributed by atoms with van der Waals surface area (Å²) in [6.07, 6.45) is 0. The number of para-hydroxylation sites is 3. The molecule has 0 unspecified atom stereocenters. The Labute approximate surface area is 259 Å². The summed E-state index contributed by atoms with van der Waals surface area (Å²) in [5, 5.41) is -0.966. The van der Waals surface area contributed by atoms with Gasteiger partial charge in [-0.15, -0.1) is 0 Å². The van der Waals surface area contributed by atoms with Crippen molar-refractivity contribution >= 4 is 13.6 Å². The van der Waals surface area contributed by atoms with E-state index in [1.54, 1.807) is 0 Å². The first-order valence-corrected chi connectivity index (χ1v) is 16.3. The molecule has 216 valence electrons. The van der Waals surface area contributed by atoms with E-state index in [2.05, 4.69) is 91.8 Å². The minimum atomic E-state index is -3.58. The molecular weight excluding hydrogens is 561 g/mol. The third kappa shape index (κ3) is 4.69. The molecule has 0 radical (unpaired) electrons. The lowest BCUT2D eigenvalue weighted by atomic mass is 9.88. The van der Waals surface area contributed by atoms with E-state index in [1.807, 2.05) is 91.0 Å². The molecule has 6 aromatic rings. The lowest BCUT2D eigenvalue weighted by Gasteiger charge is -2.38. The SMILES string of the molecule is CN(C)c1ccc(C2([P+](Oc3ccccc3)(Oc3ccccc3)Oc3ccccc3)c3ccccc3-c3ccccc32)cc1. The number of hydrogen-bond acceptors (Lipinski definition) is 4. The van der Waals surface area contributed by atoms with Crippen molar-refractivity contribution < 1.29 is 13.6 Å². The number of rotatable bonds is 9. The molecule has 6 aromatic carbocycles. The minimum Gasteiger partial charge on any atom is -0.378 e. The predicted molar refractivity (Wildman–Crippen MR) is 181 cm³/mol. The fourth-order valence-corrected chi connectivity index (χ4v) is 9.26. The molecule has 0 aliphatic heterocycles. The molecule has 0 N–H and O–H groups in total. The van der Waals surface area contributed by atoms with E-state index in [0.717, 1.165) is 33.5 Å². The Kier molecular flexibility index (Phi) is 7.29. The van der Waals surface area contributed by atoms with Crippen LogP contribution in [0.15, 0.2) is 164 Å². The van der Waals surface area contributed by atoms with Gasteiger partial charge in [-0.05, 0) is 59.7 Å². The van der Waals surface area contributed by atoms with Crippen LogP contribution < -0.4 is 18.5 Å². The van der Waals surface area contributed by atoms with Gasteiger partial charge < -0.3 is 4.90 Å². The second-order valence-electron chi connectivity index (χ2n) is 11.0. The van der Waals surface area contributed by atoms with Crippen molar-refractivity contribution in [3.05, 3.63) is 180 Å². The van der Waals surface area contributed by atoms with Gasteiger partial charge >= 0.3 is 7.94 Å². The fraction of sp³-hybridized carbons (Fsp3) is 0.0769. The summed E-state index contributed by atoms with van der Waals surface area (Å²) in [6, 6.07) is 55.4. The van der Waals surface area contributed by atoms with Crippen LogP contribution in [0.1, 0.15) is 16.7 Å². The van der Waals surface area contributed by atoms with Crippen LogP contribution in [-0.2, 0) is 5.16 Å². The molecule has 0 atom stereocenters. The van der Waals surface area contributed by atoms with E-state index in [4.69, 9.17) is 13.6 Å². The zero-order chi connectivity index (χ0) is 30.0. The molecule has 7 rings (SSSR count). The third-order valence-corrected chi connectivity index (χ3v) is 11.0. The van der Waals surface area contributed by atoms with Gasteiger partial charge in [-0.1, -0.05) is 115 Å². The first kappa shape index (κ1) is 27.8. The molecule has 1 aliphatic rings. The molecule has 5 heteroatoms. The van der Waals surface area contributed by atoms with E-state index >= 15 is 0 Å². The number of fused-ring (bicyclic) bond motifs is 3. The summed E-state index contributed by atoms with van der Waals surface area (Å²) in [7, 11) is 0.527. The van der Waals surface area contributed by atoms with Crippen LogP contribution in [0.3, 0.4) is 0 Å². The highest BCUT2D eigenvalue weighted by atomic mass is 31.2. The summed E-state index contributed by atoms with van der Waals surface area (Å²) in [5.74, 6) is 2.00. The van der Waals surface area contributed by atoms with Crippen molar-refractivity contribution in [2.75, 3.05) is 19.0 Å². The van der Waals surface area contributed by atoms with E-state index in [9.17, 15) is 0 Å². The Balaban J connectivity index is 1.62. The zero-order valence-corrected chi connectivity index (χ0v) is 25.6. The fourth-order valence-electron chi connectivity index (χ4n) is 6.10. The second-order valence-corrected chi connectivity index (χ2v) is 13.2. The maximum Gasteiger partial charge on any atom is 0.562 e. The minimum absolute atomic E-state index is 0.666. The zero-order valence-electron chi connectivity index (χ0n) is 24.7. The Hall–Kier alpha value is -5.05. The number of benzene rings is 6. The largest absolute Gasteiger partial charge is 0.562 e. The van der Waals surface area contributed by atoms with Gasteiger partial charge in [0.2, 0.25) is 0 Å². The molecule has 0 bridgehead atoms. The van der Waals surface area contributed by atoms with Crippen molar-refractivity contribution in [2.24, 2.45) is 0 Å². The van der Waals surface area contributed by atoms with Gasteiger partial charge in [0.15, 0.2) is 17.2 Å². The summed E-state index contributed by atoms with van der Waals surface area (Å²) >= 11 is 0. The Bertz CT molecular complexity index is 1710. The number of nitrogens with zero attached hydrogens (tertiary/aromatic N) is 1. The van der Waals surface area contributed by atoms with Gasteiger partial charge in [-0.3, -0.25) is 13.6 Å². The quantitative estimate of drug-likeness (QED) is 0.156. The molecule has 0 spiro atoms. The van der Waals surface area contributed by atoms with Crippen molar-refractivity contribution in [3.8, 4) is 28.4 Å². The summed E-state index contributed by atoms with van der Waals surface area (Å²) in [5.41, 5.74) is 6.55. The van der Waals surface area contributed by atoms with E-state index < -0.39 is 13.1 Å². The van der Waals surface area contributed by atoms with Crippen LogP contribution in [-0.4, -0.2) is 14.1 Å². The molecule has 0 heterocycles. The molecule has 0 aromatic heterocycles. The Morgan fingerprint density at radius 3 is 1.18 bits per heavy atom. The molecule has 1 aliphatic carbocycles. The first-order valence-electron chi connectivity index (χ1n) is 14.7. The predicted octanol–water partition coefficient (Wildman–Crippen LogP) is 10.0. The Morgan fingerprint density at radius 2 is 0.795 bits per heavy atom. The van der Waals surface area contributed by atoms with Gasteiger partial charge in [0.25, 0.3) is 5.16 Å². The average Bonchev–Trinajstić information content (AvgIpc) is 3.38. The van der Waals surface area contributed by atoms with E-state index in [-0.39, 0.29) is 0 Å². The Morgan fingerprint density at radius 1 is 0.432 bits per heavy atom. The first-order chi connectivity index (χ1) is 21.6. The molecule has 0 amide bonds. The van der Waals surface area contributed by atoms with Gasteiger partial charge in [0.05, 0.1) is 0 Å². The van der Waals surface area contributed by atoms with Crippen LogP contribution in [0, 0.1) is 0 Å². The van der Waals surface area contributed by atoms with E-state index in [0.29, 0.717) is 17.2 Å².